The van der Waals surface area contributed by atoms with Crippen molar-refractivity contribution in [3.8, 4) is 22.3 Å². The van der Waals surface area contributed by atoms with Crippen molar-refractivity contribution in [3.05, 3.63) is 138 Å². The van der Waals surface area contributed by atoms with Gasteiger partial charge < -0.3 is 0 Å². The van der Waals surface area contributed by atoms with Gasteiger partial charge in [0.1, 0.15) is 0 Å². The predicted molar refractivity (Wildman–Crippen MR) is 189 cm³/mol. The average Bonchev–Trinajstić information content (AvgIpc) is 3.61. The number of furan rings is 2. The van der Waals surface area contributed by atoms with Crippen LogP contribution in [-0.4, -0.2) is 13.5 Å². The summed E-state index contributed by atoms with van der Waals surface area (Å²) in [4.78, 5) is 0. The molecule has 0 bridgehead atoms. The van der Waals surface area contributed by atoms with Crippen LogP contribution < -0.4 is 0 Å². The Bertz CT molecular complexity index is 2300. The molecule has 0 aliphatic rings. The summed E-state index contributed by atoms with van der Waals surface area (Å²) in [5, 5.41) is 4.34. The van der Waals surface area contributed by atoms with Gasteiger partial charge in [0, 0.05) is 0 Å². The van der Waals surface area contributed by atoms with Crippen molar-refractivity contribution in [3.63, 3.8) is 0 Å². The molecule has 0 atom stereocenters. The van der Waals surface area contributed by atoms with Gasteiger partial charge in [-0.15, -0.1) is 0 Å². The van der Waals surface area contributed by atoms with Crippen molar-refractivity contribution in [2.45, 2.75) is 27.2 Å². The fraction of sp³-hybridized carbons (Fsp3) is 0.0976. The van der Waals surface area contributed by atoms with Crippen molar-refractivity contribution in [2.24, 2.45) is 0 Å². The molecule has 0 aliphatic heterocycles. The second kappa shape index (κ2) is 11.5. The maximum atomic E-state index is 6.55. The first kappa shape index (κ1) is 27.7. The number of aryl methyl sites for hydroxylation is 2. The zero-order valence-electron chi connectivity index (χ0n) is 25.2. The minimum absolute atomic E-state index is 0.837. The zero-order chi connectivity index (χ0) is 30.2. The summed E-state index contributed by atoms with van der Waals surface area (Å²) >= 11 is 0. The van der Waals surface area contributed by atoms with E-state index in [2.05, 4.69) is 112 Å². The van der Waals surface area contributed by atoms with Crippen LogP contribution in [0.15, 0.2) is 124 Å². The van der Waals surface area contributed by atoms with Crippen LogP contribution >= 0.6 is 0 Å². The van der Waals surface area contributed by atoms with Crippen LogP contribution in [0, 0.1) is 13.8 Å². The second-order valence-corrected chi connectivity index (χ2v) is 11.2. The third kappa shape index (κ3) is 4.66. The molecule has 0 saturated carbocycles. The van der Waals surface area contributed by atoms with E-state index in [1.807, 2.05) is 30.3 Å². The number of hydrogen-bond acceptors (Lipinski definition) is 2. The van der Waals surface area contributed by atoms with Crippen LogP contribution in [0.2, 0.25) is 0 Å². The third-order valence-corrected chi connectivity index (χ3v) is 8.44. The molecule has 211 valence electrons. The average molecular weight is 568 g/mol. The molecular weight excluding hydrogens is 535 g/mol. The molecule has 7 rings (SSSR count). The standard InChI is InChI=1S/C41H32BO2/c1-4-5-17-30-33(25-42)38(28-15-7-6-8-16-28)26(2)13-9-10-14-27(3)39(30)29-20-21-32-37(24-29)44-36-23-22-35-40(41(32)36)31-18-11-12-19-34(31)43-35/h5-25H,4H2,1-3H3/b10-9?,13-9?,14-10?,17-5-,26-13?,27-14?,33-30?,38-26?,38-33?,39-27?,39-30?. The molecule has 5 aromatic carbocycles. The van der Waals surface area contributed by atoms with Gasteiger partial charge in [-0.1, -0.05) is 12.1 Å². The van der Waals surface area contributed by atoms with E-state index in [1.165, 1.54) is 0 Å². The van der Waals surface area contributed by atoms with Crippen LogP contribution in [0.25, 0.3) is 72.2 Å². The maximum absolute atomic E-state index is 6.55. The number of allylic oxidation sites excluding steroid dienone is 1. The first-order valence-electron chi connectivity index (χ1n) is 15.1. The van der Waals surface area contributed by atoms with Crippen molar-refractivity contribution in [1.29, 1.82) is 0 Å². The molecule has 0 spiro atoms. The fourth-order valence-electron chi connectivity index (χ4n) is 6.45. The molecule has 3 heteroatoms. The molecule has 2 nitrogen and oxygen atoms in total. The van der Waals surface area contributed by atoms with Gasteiger partial charge in [-0.3, -0.25) is 0 Å². The first-order valence-corrected chi connectivity index (χ1v) is 15.1. The molecule has 0 unspecified atom stereocenters. The van der Waals surface area contributed by atoms with E-state index < -0.39 is 0 Å². The van der Waals surface area contributed by atoms with Gasteiger partial charge in [-0.25, -0.2) is 0 Å². The summed E-state index contributed by atoms with van der Waals surface area (Å²) in [6, 6.07) is 37.8. The quantitative estimate of drug-likeness (QED) is 0.193. The topological polar surface area (TPSA) is 26.3 Å². The first-order chi connectivity index (χ1) is 21.6. The Hall–Kier alpha value is -5.15. The summed E-state index contributed by atoms with van der Waals surface area (Å²) < 4.78 is 12.7. The molecule has 7 aromatic rings. The number of rotatable bonds is 5. The Morgan fingerprint density at radius 1 is 0.568 bits per heavy atom. The van der Waals surface area contributed by atoms with E-state index in [0.717, 1.165) is 94.8 Å². The number of benzene rings is 4. The molecule has 2 heterocycles. The van der Waals surface area contributed by atoms with Crippen LogP contribution in [0.3, 0.4) is 0 Å². The Labute approximate surface area is 258 Å². The molecular formula is C41H32BO2. The number of hydrogen-bond donors (Lipinski definition) is 0. The third-order valence-electron chi connectivity index (χ3n) is 8.44. The van der Waals surface area contributed by atoms with Gasteiger partial charge in [0.2, 0.25) is 0 Å². The van der Waals surface area contributed by atoms with E-state index in [4.69, 9.17) is 16.3 Å². The number of para-hydroxylation sites is 1. The van der Waals surface area contributed by atoms with Crippen molar-refractivity contribution in [2.75, 3.05) is 0 Å². The van der Waals surface area contributed by atoms with Gasteiger partial charge >= 0.3 is 241 Å². The predicted octanol–water partition coefficient (Wildman–Crippen LogP) is 11.3. The molecule has 0 aliphatic carbocycles. The Balaban J connectivity index is 1.58. The Morgan fingerprint density at radius 2 is 1.16 bits per heavy atom. The molecule has 0 saturated heterocycles. The van der Waals surface area contributed by atoms with E-state index in [-0.39, 0.29) is 0 Å². The second-order valence-electron chi connectivity index (χ2n) is 11.2. The van der Waals surface area contributed by atoms with Crippen LogP contribution in [0.5, 0.6) is 0 Å². The zero-order valence-corrected chi connectivity index (χ0v) is 25.2. The molecule has 44 heavy (non-hydrogen) atoms. The molecule has 1 radical (unpaired) electrons. The van der Waals surface area contributed by atoms with Gasteiger partial charge in [0.25, 0.3) is 0 Å². The van der Waals surface area contributed by atoms with Crippen LogP contribution in [0.1, 0.15) is 35.6 Å². The fourth-order valence-corrected chi connectivity index (χ4v) is 6.45. The summed E-state index contributed by atoms with van der Waals surface area (Å²) in [6.07, 6.45) is 5.33. The molecule has 0 N–H and O–H groups in total. The van der Waals surface area contributed by atoms with Crippen molar-refractivity contribution < 1.29 is 8.83 Å². The van der Waals surface area contributed by atoms with Crippen molar-refractivity contribution in [1.82, 2.24) is 0 Å². The van der Waals surface area contributed by atoms with Crippen LogP contribution in [-0.2, 0) is 0 Å². The van der Waals surface area contributed by atoms with E-state index in [0.29, 0.717) is 0 Å². The number of fused-ring (bicyclic) bond motifs is 7. The van der Waals surface area contributed by atoms with E-state index >= 15 is 0 Å². The Kier molecular flexibility index (Phi) is 7.24. The molecule has 0 fully saturated rings. The monoisotopic (exact) mass is 567 g/mol. The summed E-state index contributed by atoms with van der Waals surface area (Å²) in [7, 11) is 6.54. The van der Waals surface area contributed by atoms with Gasteiger partial charge in [0.15, 0.2) is 0 Å². The summed E-state index contributed by atoms with van der Waals surface area (Å²) in [5.41, 5.74) is 12.2. The van der Waals surface area contributed by atoms with Gasteiger partial charge in [0.05, 0.1) is 0 Å². The van der Waals surface area contributed by atoms with Gasteiger partial charge in [-0.2, -0.15) is 0 Å². The summed E-state index contributed by atoms with van der Waals surface area (Å²) in [6.45, 7) is 6.47. The molecule has 2 aromatic heterocycles. The van der Waals surface area contributed by atoms with Crippen molar-refractivity contribution >= 4 is 63.4 Å². The van der Waals surface area contributed by atoms with E-state index in [1.54, 1.807) is 5.97 Å². The minimum atomic E-state index is 0.837. The van der Waals surface area contributed by atoms with E-state index in [9.17, 15) is 0 Å². The summed E-state index contributed by atoms with van der Waals surface area (Å²) in [5.74, 6) is 1.76. The normalized spacial score (nSPS) is 11.6. The molecule has 0 amide bonds. The van der Waals surface area contributed by atoms with Gasteiger partial charge in [-0.05, 0) is 6.07 Å². The SMILES string of the molecule is [B]=Cc1c(/C=C\CC)c(-c2ccc3c(c2)oc2ccc4oc5ccccc5c4c23)c(C)ccccc(C)c1-c1ccccc1. The Morgan fingerprint density at radius 3 is 1.84 bits per heavy atom. The van der Waals surface area contributed by atoms with Crippen LogP contribution in [0.4, 0.5) is 0 Å².